The third kappa shape index (κ3) is 4.23. The van der Waals surface area contributed by atoms with Crippen LogP contribution in [0.2, 0.25) is 5.02 Å². The highest BCUT2D eigenvalue weighted by molar-refractivity contribution is 9.10. The largest absolute Gasteiger partial charge is 0.363 e. The van der Waals surface area contributed by atoms with Crippen molar-refractivity contribution in [1.29, 1.82) is 0 Å². The molecule has 3 N–H and O–H groups in total. The van der Waals surface area contributed by atoms with Gasteiger partial charge in [0, 0.05) is 27.9 Å². The van der Waals surface area contributed by atoms with Crippen molar-refractivity contribution in [1.82, 2.24) is 10.3 Å². The number of aromatic nitrogens is 1. The third-order valence-electron chi connectivity index (χ3n) is 2.77. The summed E-state index contributed by atoms with van der Waals surface area (Å²) in [6.45, 7) is 3.40. The zero-order chi connectivity index (χ0) is 15.5. The van der Waals surface area contributed by atoms with Gasteiger partial charge >= 0.3 is 0 Å². The second-order valence-electron chi connectivity index (χ2n) is 4.37. The molecular formula is C13H15BrClN3O2S. The molecule has 0 aliphatic heterocycles. The minimum Gasteiger partial charge on any atom is -0.363 e. The van der Waals surface area contributed by atoms with Crippen molar-refractivity contribution in [3.05, 3.63) is 45.7 Å². The number of hydrogen-bond donors (Lipinski definition) is 3. The van der Waals surface area contributed by atoms with E-state index in [1.807, 2.05) is 6.92 Å². The van der Waals surface area contributed by atoms with Gasteiger partial charge < -0.3 is 10.3 Å². The number of aromatic amines is 1. The summed E-state index contributed by atoms with van der Waals surface area (Å²) in [7, 11) is -3.63. The Balaban J connectivity index is 2.19. The van der Waals surface area contributed by atoms with E-state index in [2.05, 4.69) is 31.0 Å². The second-order valence-corrected chi connectivity index (χ2v) is 7.34. The Bertz CT molecular complexity index is 731. The molecule has 0 bridgehead atoms. The maximum atomic E-state index is 12.3. The van der Waals surface area contributed by atoms with E-state index >= 15 is 0 Å². The fourth-order valence-corrected chi connectivity index (χ4v) is 3.72. The Morgan fingerprint density at radius 3 is 2.76 bits per heavy atom. The summed E-state index contributed by atoms with van der Waals surface area (Å²) >= 11 is 9.12. The Hall–Kier alpha value is -1.02. The lowest BCUT2D eigenvalue weighted by molar-refractivity contribution is 0.601. The van der Waals surface area contributed by atoms with Crippen LogP contribution in [0.25, 0.3) is 0 Å². The van der Waals surface area contributed by atoms with Gasteiger partial charge in [-0.2, -0.15) is 0 Å². The van der Waals surface area contributed by atoms with Gasteiger partial charge in [0.1, 0.15) is 4.90 Å². The zero-order valence-electron chi connectivity index (χ0n) is 11.3. The number of H-pyrrole nitrogens is 1. The summed E-state index contributed by atoms with van der Waals surface area (Å²) in [6.07, 6.45) is 1.47. The molecule has 0 amide bonds. The highest BCUT2D eigenvalue weighted by Gasteiger charge is 2.17. The molecule has 0 saturated heterocycles. The van der Waals surface area contributed by atoms with Crippen LogP contribution in [0.5, 0.6) is 0 Å². The third-order valence-corrected chi connectivity index (χ3v) is 5.00. The molecule has 0 unspecified atom stereocenters. The van der Waals surface area contributed by atoms with Crippen molar-refractivity contribution in [2.45, 2.75) is 18.4 Å². The molecule has 8 heteroatoms. The van der Waals surface area contributed by atoms with Crippen LogP contribution in [0.3, 0.4) is 0 Å². The van der Waals surface area contributed by atoms with E-state index in [1.165, 1.54) is 6.20 Å². The highest BCUT2D eigenvalue weighted by Crippen LogP contribution is 2.28. The Kier molecular flexibility index (Phi) is 5.32. The van der Waals surface area contributed by atoms with Crippen LogP contribution in [0.1, 0.15) is 12.6 Å². The topological polar surface area (TPSA) is 74.0 Å². The number of halogens is 2. The SMILES string of the molecule is CCNCc1cc(S(=O)(=O)Nc2ccc(Cl)cc2Br)c[nH]1. The van der Waals surface area contributed by atoms with Gasteiger partial charge in [0.2, 0.25) is 0 Å². The average Bonchev–Trinajstić information content (AvgIpc) is 2.89. The fraction of sp³-hybridized carbons (Fsp3) is 0.231. The number of rotatable bonds is 6. The molecular weight excluding hydrogens is 378 g/mol. The molecule has 0 atom stereocenters. The van der Waals surface area contributed by atoms with Crippen LogP contribution in [-0.2, 0) is 16.6 Å². The van der Waals surface area contributed by atoms with Gasteiger partial charge in [-0.1, -0.05) is 18.5 Å². The molecule has 114 valence electrons. The van der Waals surface area contributed by atoms with Gasteiger partial charge in [0.25, 0.3) is 10.0 Å². The zero-order valence-corrected chi connectivity index (χ0v) is 14.4. The minimum atomic E-state index is -3.63. The number of nitrogens with one attached hydrogen (secondary N) is 3. The summed E-state index contributed by atoms with van der Waals surface area (Å²) in [5.74, 6) is 0. The molecule has 1 aromatic heterocycles. The first-order valence-corrected chi connectivity index (χ1v) is 8.93. The van der Waals surface area contributed by atoms with Crippen LogP contribution in [0.4, 0.5) is 5.69 Å². The minimum absolute atomic E-state index is 0.192. The molecule has 1 aromatic carbocycles. The first-order chi connectivity index (χ1) is 9.92. The molecule has 21 heavy (non-hydrogen) atoms. The van der Waals surface area contributed by atoms with E-state index in [4.69, 9.17) is 11.6 Å². The number of sulfonamides is 1. The number of benzene rings is 1. The molecule has 0 radical (unpaired) electrons. The standard InChI is InChI=1S/C13H15BrClN3O2S/c1-2-16-7-10-6-11(8-17-10)21(19,20)18-13-4-3-9(15)5-12(13)14/h3-6,8,16-18H,2,7H2,1H3. The monoisotopic (exact) mass is 391 g/mol. The van der Waals surface area contributed by atoms with Gasteiger partial charge in [-0.15, -0.1) is 0 Å². The van der Waals surface area contributed by atoms with Crippen molar-refractivity contribution in [2.24, 2.45) is 0 Å². The Morgan fingerprint density at radius 2 is 2.10 bits per heavy atom. The van der Waals surface area contributed by atoms with E-state index in [-0.39, 0.29) is 4.90 Å². The van der Waals surface area contributed by atoms with Crippen molar-refractivity contribution in [2.75, 3.05) is 11.3 Å². The first-order valence-electron chi connectivity index (χ1n) is 6.28. The van der Waals surface area contributed by atoms with E-state index in [0.29, 0.717) is 21.7 Å². The molecule has 0 aliphatic carbocycles. The van der Waals surface area contributed by atoms with Crippen LogP contribution < -0.4 is 10.0 Å². The molecule has 0 fully saturated rings. The summed E-state index contributed by atoms with van der Waals surface area (Å²) in [5.41, 5.74) is 1.25. The van der Waals surface area contributed by atoms with Crippen LogP contribution >= 0.6 is 27.5 Å². The Labute approximate surface area is 137 Å². The second kappa shape index (κ2) is 6.83. The summed E-state index contributed by atoms with van der Waals surface area (Å²) < 4.78 is 27.8. The molecule has 0 aliphatic rings. The smallest absolute Gasteiger partial charge is 0.263 e. The molecule has 2 rings (SSSR count). The fourth-order valence-electron chi connectivity index (χ4n) is 1.71. The van der Waals surface area contributed by atoms with E-state index in [9.17, 15) is 8.42 Å². The van der Waals surface area contributed by atoms with E-state index in [0.717, 1.165) is 12.2 Å². The highest BCUT2D eigenvalue weighted by atomic mass is 79.9. The number of hydrogen-bond acceptors (Lipinski definition) is 3. The molecule has 5 nitrogen and oxygen atoms in total. The van der Waals surface area contributed by atoms with Crippen LogP contribution in [0.15, 0.2) is 39.8 Å². The number of anilines is 1. The lowest BCUT2D eigenvalue weighted by Crippen LogP contribution is -2.13. The molecule has 0 saturated carbocycles. The summed E-state index contributed by atoms with van der Waals surface area (Å²) in [6, 6.07) is 6.47. The van der Waals surface area contributed by atoms with Gasteiger partial charge in [-0.25, -0.2) is 8.42 Å². The quantitative estimate of drug-likeness (QED) is 0.706. The van der Waals surface area contributed by atoms with E-state index in [1.54, 1.807) is 24.3 Å². The first kappa shape index (κ1) is 16.4. The molecule has 0 spiro atoms. The van der Waals surface area contributed by atoms with E-state index < -0.39 is 10.0 Å². The van der Waals surface area contributed by atoms with Crippen LogP contribution in [0, 0.1) is 0 Å². The van der Waals surface area contributed by atoms with Gasteiger partial charge in [0.15, 0.2) is 0 Å². The van der Waals surface area contributed by atoms with Crippen molar-refractivity contribution >= 4 is 43.2 Å². The lowest BCUT2D eigenvalue weighted by atomic mass is 10.3. The summed E-state index contributed by atoms with van der Waals surface area (Å²) in [5, 5.41) is 3.65. The predicted molar refractivity (Wildman–Crippen MR) is 88.1 cm³/mol. The molecule has 2 aromatic rings. The maximum Gasteiger partial charge on any atom is 0.263 e. The van der Waals surface area contributed by atoms with Crippen LogP contribution in [-0.4, -0.2) is 19.9 Å². The van der Waals surface area contributed by atoms with Crippen molar-refractivity contribution in [3.8, 4) is 0 Å². The van der Waals surface area contributed by atoms with Crippen molar-refractivity contribution in [3.63, 3.8) is 0 Å². The van der Waals surface area contributed by atoms with Gasteiger partial charge in [0.05, 0.1) is 5.69 Å². The predicted octanol–water partition coefficient (Wildman–Crippen LogP) is 3.34. The maximum absolute atomic E-state index is 12.3. The van der Waals surface area contributed by atoms with Gasteiger partial charge in [-0.05, 0) is 46.7 Å². The molecule has 1 heterocycles. The van der Waals surface area contributed by atoms with Crippen molar-refractivity contribution < 1.29 is 8.42 Å². The Morgan fingerprint density at radius 1 is 1.33 bits per heavy atom. The normalized spacial score (nSPS) is 11.6. The van der Waals surface area contributed by atoms with Gasteiger partial charge in [-0.3, -0.25) is 4.72 Å². The lowest BCUT2D eigenvalue weighted by Gasteiger charge is -2.08. The average molecular weight is 393 g/mol. The summed E-state index contributed by atoms with van der Waals surface area (Å²) in [4.78, 5) is 3.13.